The van der Waals surface area contributed by atoms with E-state index in [1.807, 2.05) is 0 Å². The lowest BCUT2D eigenvalue weighted by atomic mass is 10.1. The summed E-state index contributed by atoms with van der Waals surface area (Å²) in [5.74, 6) is -0.593. The molecule has 0 aliphatic carbocycles. The van der Waals surface area contributed by atoms with E-state index in [1.54, 1.807) is 18.2 Å². The van der Waals surface area contributed by atoms with Gasteiger partial charge in [-0.2, -0.15) is 8.42 Å². The van der Waals surface area contributed by atoms with Crippen molar-refractivity contribution in [1.29, 1.82) is 5.41 Å². The van der Waals surface area contributed by atoms with Crippen LogP contribution in [0.5, 0.6) is 5.75 Å². The van der Waals surface area contributed by atoms with Crippen molar-refractivity contribution in [2.24, 2.45) is 5.73 Å². The summed E-state index contributed by atoms with van der Waals surface area (Å²) in [4.78, 5) is 9.95. The first kappa shape index (κ1) is 16.4. The van der Waals surface area contributed by atoms with Gasteiger partial charge >= 0.3 is 10.1 Å². The normalized spacial score (nSPS) is 11.0. The van der Waals surface area contributed by atoms with Crippen molar-refractivity contribution in [1.82, 2.24) is 0 Å². The third-order valence-corrected chi connectivity index (χ3v) is 3.99. The Morgan fingerprint density at radius 3 is 2.43 bits per heavy atom. The minimum Gasteiger partial charge on any atom is -0.384 e. The summed E-state index contributed by atoms with van der Waals surface area (Å²) >= 11 is 0. The van der Waals surface area contributed by atoms with Crippen LogP contribution in [0.4, 0.5) is 5.69 Å². The Morgan fingerprint density at radius 1 is 1.22 bits per heavy atom. The van der Waals surface area contributed by atoms with E-state index in [0.717, 1.165) is 12.1 Å². The zero-order valence-electron chi connectivity index (χ0n) is 11.8. The molecule has 0 aliphatic rings. The van der Waals surface area contributed by atoms with Gasteiger partial charge in [0.15, 0.2) is 0 Å². The fourth-order valence-corrected chi connectivity index (χ4v) is 2.88. The quantitative estimate of drug-likeness (QED) is 0.271. The predicted molar refractivity (Wildman–Crippen MR) is 83.8 cm³/mol. The monoisotopic (exact) mass is 335 g/mol. The molecule has 9 heteroatoms. The van der Waals surface area contributed by atoms with Gasteiger partial charge in [0.25, 0.3) is 5.69 Å². The van der Waals surface area contributed by atoms with E-state index >= 15 is 0 Å². The first-order valence-corrected chi connectivity index (χ1v) is 7.94. The lowest BCUT2D eigenvalue weighted by molar-refractivity contribution is -0.384. The Labute approximate surface area is 132 Å². The number of nitro benzene ring substituents is 1. The van der Waals surface area contributed by atoms with Gasteiger partial charge in [-0.05, 0) is 23.8 Å². The fraction of sp³-hybridized carbons (Fsp3) is 0.0714. The molecule has 2 aromatic carbocycles. The minimum absolute atomic E-state index is 0.0154. The van der Waals surface area contributed by atoms with Crippen molar-refractivity contribution in [3.05, 3.63) is 69.8 Å². The molecule has 0 atom stereocenters. The largest absolute Gasteiger partial charge is 0.384 e. The van der Waals surface area contributed by atoms with Crippen molar-refractivity contribution in [3.63, 3.8) is 0 Å². The van der Waals surface area contributed by atoms with Crippen molar-refractivity contribution in [2.45, 2.75) is 5.75 Å². The Kier molecular flexibility index (Phi) is 4.60. The van der Waals surface area contributed by atoms with Gasteiger partial charge < -0.3 is 9.92 Å². The highest BCUT2D eigenvalue weighted by molar-refractivity contribution is 7.86. The fourth-order valence-electron chi connectivity index (χ4n) is 1.83. The summed E-state index contributed by atoms with van der Waals surface area (Å²) in [5.41, 5.74) is 6.02. The molecule has 0 bridgehead atoms. The molecule has 3 N–H and O–H groups in total. The number of hydrogen-bond donors (Lipinski definition) is 2. The number of nitro groups is 1. The molecular weight excluding hydrogens is 322 g/mol. The van der Waals surface area contributed by atoms with E-state index in [1.165, 1.54) is 18.2 Å². The molecule has 0 unspecified atom stereocenters. The van der Waals surface area contributed by atoms with Crippen LogP contribution in [-0.2, 0) is 15.9 Å². The van der Waals surface area contributed by atoms with Crippen molar-refractivity contribution < 1.29 is 17.5 Å². The van der Waals surface area contributed by atoms with Crippen LogP contribution in [0.1, 0.15) is 11.1 Å². The molecule has 8 nitrogen and oxygen atoms in total. The van der Waals surface area contributed by atoms with Gasteiger partial charge in [-0.25, -0.2) is 0 Å². The lowest BCUT2D eigenvalue weighted by Gasteiger charge is -2.08. The maximum atomic E-state index is 12.0. The molecule has 0 aromatic heterocycles. The second kappa shape index (κ2) is 6.44. The Bertz CT molecular complexity index is 847. The molecule has 23 heavy (non-hydrogen) atoms. The topological polar surface area (TPSA) is 136 Å². The average Bonchev–Trinajstić information content (AvgIpc) is 2.47. The van der Waals surface area contributed by atoms with Crippen LogP contribution in [0, 0.1) is 15.5 Å². The Hall–Kier alpha value is -2.94. The highest BCUT2D eigenvalue weighted by atomic mass is 32.2. The van der Waals surface area contributed by atoms with E-state index in [4.69, 9.17) is 15.3 Å². The van der Waals surface area contributed by atoms with Gasteiger partial charge in [-0.3, -0.25) is 15.5 Å². The third-order valence-electron chi connectivity index (χ3n) is 2.85. The predicted octanol–water partition coefficient (Wildman–Crippen LogP) is 1.79. The van der Waals surface area contributed by atoms with Crippen molar-refractivity contribution >= 4 is 21.6 Å². The molecule has 2 rings (SSSR count). The number of hydrogen-bond acceptors (Lipinski definition) is 6. The summed E-state index contributed by atoms with van der Waals surface area (Å²) < 4.78 is 29.0. The first-order valence-electron chi connectivity index (χ1n) is 6.37. The van der Waals surface area contributed by atoms with Gasteiger partial charge in [-0.15, -0.1) is 0 Å². The van der Waals surface area contributed by atoms with Crippen LogP contribution in [0.25, 0.3) is 0 Å². The number of nitrogens with one attached hydrogen (secondary N) is 1. The number of benzene rings is 2. The number of nitrogens with zero attached hydrogens (tertiary/aromatic N) is 1. The Balaban J connectivity index is 2.14. The molecule has 0 saturated carbocycles. The number of non-ortho nitro benzene ring substituents is 1. The zero-order valence-corrected chi connectivity index (χ0v) is 12.6. The number of rotatable bonds is 6. The van der Waals surface area contributed by atoms with E-state index in [-0.39, 0.29) is 17.3 Å². The second-order valence-corrected chi connectivity index (χ2v) is 6.22. The molecule has 0 radical (unpaired) electrons. The summed E-state index contributed by atoms with van der Waals surface area (Å²) in [5, 5.41) is 17.9. The van der Waals surface area contributed by atoms with Crippen LogP contribution >= 0.6 is 0 Å². The van der Waals surface area contributed by atoms with Gasteiger partial charge in [-0.1, -0.05) is 18.2 Å². The van der Waals surface area contributed by atoms with Gasteiger partial charge in [0.1, 0.15) is 17.3 Å². The van der Waals surface area contributed by atoms with Crippen LogP contribution in [0.15, 0.2) is 48.5 Å². The Morgan fingerprint density at radius 2 is 1.87 bits per heavy atom. The minimum atomic E-state index is -3.94. The first-order chi connectivity index (χ1) is 10.8. The van der Waals surface area contributed by atoms with Crippen LogP contribution in [0.2, 0.25) is 0 Å². The molecule has 0 heterocycles. The summed E-state index contributed by atoms with van der Waals surface area (Å²) in [6, 6.07) is 11.0. The van der Waals surface area contributed by atoms with Crippen molar-refractivity contribution in [2.75, 3.05) is 0 Å². The highest BCUT2D eigenvalue weighted by Gasteiger charge is 2.15. The molecule has 0 saturated heterocycles. The molecular formula is C14H13N3O5S. The van der Waals surface area contributed by atoms with Gasteiger partial charge in [0, 0.05) is 17.7 Å². The maximum absolute atomic E-state index is 12.0. The lowest BCUT2D eigenvalue weighted by Crippen LogP contribution is -2.14. The van der Waals surface area contributed by atoms with E-state index in [9.17, 15) is 18.5 Å². The molecule has 2 aromatic rings. The molecule has 0 amide bonds. The van der Waals surface area contributed by atoms with E-state index < -0.39 is 20.8 Å². The van der Waals surface area contributed by atoms with Crippen LogP contribution in [-0.4, -0.2) is 19.2 Å². The smallest absolute Gasteiger partial charge is 0.313 e. The van der Waals surface area contributed by atoms with Crippen molar-refractivity contribution in [3.8, 4) is 5.75 Å². The highest BCUT2D eigenvalue weighted by Crippen LogP contribution is 2.20. The zero-order chi connectivity index (χ0) is 17.0. The average molecular weight is 335 g/mol. The number of amidine groups is 1. The number of nitrogen functional groups attached to an aromatic ring is 1. The standard InChI is InChI=1S/C14H13N3O5S/c15-14(16)11-3-1-2-10(8-11)9-23(20,21)22-13-6-4-12(5-7-13)17(18)19/h1-8H,9H2,(H3,15,16). The SMILES string of the molecule is N=C(N)c1cccc(CS(=O)(=O)Oc2ccc([N+](=O)[O-])cc2)c1. The molecule has 120 valence electrons. The molecule has 0 spiro atoms. The third kappa shape index (κ3) is 4.51. The van der Waals surface area contributed by atoms with E-state index in [2.05, 4.69) is 0 Å². The van der Waals surface area contributed by atoms with Gasteiger partial charge in [0.2, 0.25) is 0 Å². The van der Waals surface area contributed by atoms with Crippen LogP contribution < -0.4 is 9.92 Å². The molecule has 0 aliphatic heterocycles. The van der Waals surface area contributed by atoms with E-state index in [0.29, 0.717) is 11.1 Å². The number of nitrogens with two attached hydrogens (primary N) is 1. The second-order valence-electron chi connectivity index (χ2n) is 4.65. The summed E-state index contributed by atoms with van der Waals surface area (Å²) in [7, 11) is -3.94. The van der Waals surface area contributed by atoms with Crippen LogP contribution in [0.3, 0.4) is 0 Å². The summed E-state index contributed by atoms with van der Waals surface area (Å²) in [6.07, 6.45) is 0. The maximum Gasteiger partial charge on any atom is 0.313 e. The molecule has 0 fully saturated rings. The summed E-state index contributed by atoms with van der Waals surface area (Å²) in [6.45, 7) is 0. The van der Waals surface area contributed by atoms with Gasteiger partial charge in [0.05, 0.1) is 4.92 Å².